The molecule has 2 aliphatic heterocycles. The van der Waals surface area contributed by atoms with Crippen LogP contribution in [0.3, 0.4) is 0 Å². The number of carbonyl (C=O) groups excluding carboxylic acids is 1. The molecule has 22 heavy (non-hydrogen) atoms. The van der Waals surface area contributed by atoms with Gasteiger partial charge in [-0.2, -0.15) is 5.10 Å². The van der Waals surface area contributed by atoms with Gasteiger partial charge in [-0.25, -0.2) is 4.98 Å². The first-order chi connectivity index (χ1) is 10.6. The number of rotatable bonds is 4. The maximum Gasteiger partial charge on any atom is 0.225 e. The number of aromatic nitrogens is 3. The molecule has 1 amide bonds. The molecule has 0 spiro atoms. The second-order valence-corrected chi connectivity index (χ2v) is 6.27. The Bertz CT molecular complexity index is 511. The van der Waals surface area contributed by atoms with Gasteiger partial charge >= 0.3 is 0 Å². The molecule has 7 heteroatoms. The van der Waals surface area contributed by atoms with Crippen LogP contribution in [-0.4, -0.2) is 58.4 Å². The topological polar surface area (TPSA) is 80.3 Å². The molecular weight excluding hydrogens is 284 g/mol. The van der Waals surface area contributed by atoms with Gasteiger partial charge in [0.05, 0.1) is 25.7 Å². The molecule has 2 aliphatic rings. The molecule has 3 rings (SSSR count). The Hall–Kier alpha value is -1.47. The third-order valence-electron chi connectivity index (χ3n) is 4.19. The number of H-pyrrole nitrogens is 1. The minimum Gasteiger partial charge on any atom is -0.378 e. The minimum absolute atomic E-state index is 0.0895. The first kappa shape index (κ1) is 15.4. The van der Waals surface area contributed by atoms with Crippen LogP contribution in [0.25, 0.3) is 0 Å². The monoisotopic (exact) mass is 308 g/mol. The fourth-order valence-electron chi connectivity index (χ4n) is 2.86. The van der Waals surface area contributed by atoms with Gasteiger partial charge in [0.25, 0.3) is 0 Å². The third kappa shape index (κ3) is 3.47. The van der Waals surface area contributed by atoms with Gasteiger partial charge < -0.3 is 14.4 Å². The van der Waals surface area contributed by atoms with Crippen molar-refractivity contribution in [3.05, 3.63) is 11.6 Å². The molecule has 7 nitrogen and oxygen atoms in total. The van der Waals surface area contributed by atoms with E-state index >= 15 is 0 Å². The van der Waals surface area contributed by atoms with Crippen molar-refractivity contribution in [2.45, 2.75) is 51.2 Å². The van der Waals surface area contributed by atoms with E-state index in [4.69, 9.17) is 9.47 Å². The molecule has 0 bridgehead atoms. The summed E-state index contributed by atoms with van der Waals surface area (Å²) in [6.07, 6.45) is 2.38. The van der Waals surface area contributed by atoms with Gasteiger partial charge in [-0.3, -0.25) is 9.89 Å². The van der Waals surface area contributed by atoms with Crippen LogP contribution in [0.2, 0.25) is 0 Å². The first-order valence-corrected chi connectivity index (χ1v) is 8.06. The molecule has 0 saturated carbocycles. The zero-order chi connectivity index (χ0) is 15.5. The van der Waals surface area contributed by atoms with Gasteiger partial charge in [0.15, 0.2) is 11.6 Å². The summed E-state index contributed by atoms with van der Waals surface area (Å²) >= 11 is 0. The van der Waals surface area contributed by atoms with Crippen molar-refractivity contribution >= 4 is 5.91 Å². The zero-order valence-corrected chi connectivity index (χ0v) is 13.2. The van der Waals surface area contributed by atoms with Crippen LogP contribution in [0.15, 0.2) is 0 Å². The number of nitrogens with one attached hydrogen (secondary N) is 1. The number of aromatic amines is 1. The van der Waals surface area contributed by atoms with Gasteiger partial charge in [-0.15, -0.1) is 0 Å². The SMILES string of the molecule is CC(C)c1n[nH]c(C2CN(C(=O)CC3CCCO3)CCO2)n1. The molecule has 0 aromatic carbocycles. The van der Waals surface area contributed by atoms with Crippen molar-refractivity contribution in [2.75, 3.05) is 26.3 Å². The number of hydrogen-bond acceptors (Lipinski definition) is 5. The van der Waals surface area contributed by atoms with Crippen LogP contribution < -0.4 is 0 Å². The van der Waals surface area contributed by atoms with Gasteiger partial charge in [-0.1, -0.05) is 13.8 Å². The quantitative estimate of drug-likeness (QED) is 0.909. The normalized spacial score (nSPS) is 25.9. The molecule has 0 radical (unpaired) electrons. The summed E-state index contributed by atoms with van der Waals surface area (Å²) in [4.78, 5) is 18.7. The Morgan fingerprint density at radius 1 is 1.41 bits per heavy atom. The summed E-state index contributed by atoms with van der Waals surface area (Å²) in [5, 5.41) is 7.15. The van der Waals surface area contributed by atoms with Crippen molar-refractivity contribution in [3.8, 4) is 0 Å². The van der Waals surface area contributed by atoms with Gasteiger partial charge in [0, 0.05) is 19.1 Å². The molecular formula is C15H24N4O3. The number of ether oxygens (including phenoxy) is 2. The van der Waals surface area contributed by atoms with Crippen molar-refractivity contribution < 1.29 is 14.3 Å². The average Bonchev–Trinajstić information content (AvgIpc) is 3.18. The van der Waals surface area contributed by atoms with Gasteiger partial charge in [0.2, 0.25) is 5.91 Å². The lowest BCUT2D eigenvalue weighted by molar-refractivity contribution is -0.141. The molecule has 2 saturated heterocycles. The van der Waals surface area contributed by atoms with Crippen LogP contribution in [-0.2, 0) is 14.3 Å². The predicted molar refractivity (Wildman–Crippen MR) is 79.3 cm³/mol. The average molecular weight is 308 g/mol. The van der Waals surface area contributed by atoms with Gasteiger partial charge in [0.1, 0.15) is 6.10 Å². The van der Waals surface area contributed by atoms with Gasteiger partial charge in [-0.05, 0) is 12.8 Å². The van der Waals surface area contributed by atoms with Crippen molar-refractivity contribution in [3.63, 3.8) is 0 Å². The Kier molecular flexibility index (Phi) is 4.73. The highest BCUT2D eigenvalue weighted by atomic mass is 16.5. The van der Waals surface area contributed by atoms with E-state index in [1.807, 2.05) is 18.7 Å². The van der Waals surface area contributed by atoms with Crippen LogP contribution in [0.4, 0.5) is 0 Å². The third-order valence-corrected chi connectivity index (χ3v) is 4.19. The van der Waals surface area contributed by atoms with E-state index in [0.717, 1.165) is 25.3 Å². The van der Waals surface area contributed by atoms with E-state index in [1.165, 1.54) is 0 Å². The lowest BCUT2D eigenvalue weighted by atomic mass is 10.1. The van der Waals surface area contributed by atoms with Crippen LogP contribution in [0, 0.1) is 0 Å². The van der Waals surface area contributed by atoms with E-state index < -0.39 is 0 Å². The highest BCUT2D eigenvalue weighted by molar-refractivity contribution is 5.76. The van der Waals surface area contributed by atoms with Crippen molar-refractivity contribution in [1.82, 2.24) is 20.1 Å². The Balaban J connectivity index is 1.59. The number of amides is 1. The zero-order valence-electron chi connectivity index (χ0n) is 13.2. The van der Waals surface area contributed by atoms with Crippen LogP contribution in [0.5, 0.6) is 0 Å². The standard InChI is InChI=1S/C15H24N4O3/c1-10(2)14-16-15(18-17-14)12-9-19(5-7-22-12)13(20)8-11-4-3-6-21-11/h10-12H,3-9H2,1-2H3,(H,16,17,18). The molecule has 2 unspecified atom stereocenters. The minimum atomic E-state index is -0.220. The van der Waals surface area contributed by atoms with E-state index in [0.29, 0.717) is 31.9 Å². The fourth-order valence-corrected chi connectivity index (χ4v) is 2.86. The highest BCUT2D eigenvalue weighted by Crippen LogP contribution is 2.23. The Labute approximate surface area is 130 Å². The molecule has 1 aromatic heterocycles. The first-order valence-electron chi connectivity index (χ1n) is 8.06. The molecule has 2 fully saturated rings. The number of nitrogens with zero attached hydrogens (tertiary/aromatic N) is 3. The summed E-state index contributed by atoms with van der Waals surface area (Å²) in [6.45, 7) is 6.56. The maximum atomic E-state index is 12.4. The molecule has 2 atom stereocenters. The molecule has 1 aromatic rings. The second kappa shape index (κ2) is 6.75. The van der Waals surface area contributed by atoms with Crippen molar-refractivity contribution in [1.29, 1.82) is 0 Å². The summed E-state index contributed by atoms with van der Waals surface area (Å²) in [5.74, 6) is 1.90. The van der Waals surface area contributed by atoms with E-state index in [9.17, 15) is 4.79 Å². The fraction of sp³-hybridized carbons (Fsp3) is 0.800. The largest absolute Gasteiger partial charge is 0.378 e. The molecule has 1 N–H and O–H groups in total. The second-order valence-electron chi connectivity index (χ2n) is 6.27. The Morgan fingerprint density at radius 2 is 2.27 bits per heavy atom. The summed E-state index contributed by atoms with van der Waals surface area (Å²) in [6, 6.07) is 0. The van der Waals surface area contributed by atoms with Crippen LogP contribution in [0.1, 0.15) is 56.8 Å². The van der Waals surface area contributed by atoms with E-state index in [2.05, 4.69) is 15.2 Å². The number of carbonyl (C=O) groups is 1. The van der Waals surface area contributed by atoms with Crippen LogP contribution >= 0.6 is 0 Å². The lowest BCUT2D eigenvalue weighted by Crippen LogP contribution is -2.43. The lowest BCUT2D eigenvalue weighted by Gasteiger charge is -2.32. The number of hydrogen-bond donors (Lipinski definition) is 1. The smallest absolute Gasteiger partial charge is 0.225 e. The van der Waals surface area contributed by atoms with Crippen molar-refractivity contribution in [2.24, 2.45) is 0 Å². The maximum absolute atomic E-state index is 12.4. The molecule has 122 valence electrons. The Morgan fingerprint density at radius 3 is 2.95 bits per heavy atom. The number of morpholine rings is 1. The predicted octanol–water partition coefficient (Wildman–Crippen LogP) is 1.40. The van der Waals surface area contributed by atoms with E-state index in [-0.39, 0.29) is 24.0 Å². The van der Waals surface area contributed by atoms with E-state index in [1.54, 1.807) is 0 Å². The summed E-state index contributed by atoms with van der Waals surface area (Å²) in [5.41, 5.74) is 0. The highest BCUT2D eigenvalue weighted by Gasteiger charge is 2.30. The summed E-state index contributed by atoms with van der Waals surface area (Å²) in [7, 11) is 0. The summed E-state index contributed by atoms with van der Waals surface area (Å²) < 4.78 is 11.3. The molecule has 0 aliphatic carbocycles. The molecule has 3 heterocycles.